The standard InChI is InChI=1S/C13H21NO2/c1-4-11(14)13(8-15)16-12-6-5-9(2)7-10(12)3/h5-7,11,13,15H,4,8,14H2,1-3H3. The van der Waals surface area contributed by atoms with Crippen molar-refractivity contribution in [1.82, 2.24) is 0 Å². The number of ether oxygens (including phenoxy) is 1. The van der Waals surface area contributed by atoms with Crippen molar-refractivity contribution < 1.29 is 9.84 Å². The summed E-state index contributed by atoms with van der Waals surface area (Å²) in [5.41, 5.74) is 8.14. The van der Waals surface area contributed by atoms with Crippen LogP contribution in [0.1, 0.15) is 24.5 Å². The van der Waals surface area contributed by atoms with E-state index >= 15 is 0 Å². The molecule has 2 unspecified atom stereocenters. The van der Waals surface area contributed by atoms with Gasteiger partial charge < -0.3 is 15.6 Å². The van der Waals surface area contributed by atoms with Gasteiger partial charge in [0.2, 0.25) is 0 Å². The zero-order valence-electron chi connectivity index (χ0n) is 10.2. The number of hydrogen-bond acceptors (Lipinski definition) is 3. The summed E-state index contributed by atoms with van der Waals surface area (Å²) in [4.78, 5) is 0. The Morgan fingerprint density at radius 1 is 1.38 bits per heavy atom. The smallest absolute Gasteiger partial charge is 0.137 e. The zero-order valence-corrected chi connectivity index (χ0v) is 10.2. The highest BCUT2D eigenvalue weighted by atomic mass is 16.5. The number of aryl methyl sites for hydroxylation is 2. The molecule has 0 heterocycles. The van der Waals surface area contributed by atoms with E-state index in [0.717, 1.165) is 17.7 Å². The molecule has 1 aromatic rings. The van der Waals surface area contributed by atoms with Crippen LogP contribution >= 0.6 is 0 Å². The minimum absolute atomic E-state index is 0.0533. The summed E-state index contributed by atoms with van der Waals surface area (Å²) < 4.78 is 5.73. The molecule has 0 spiro atoms. The fourth-order valence-corrected chi connectivity index (χ4v) is 1.62. The van der Waals surface area contributed by atoms with Crippen LogP contribution in [0.2, 0.25) is 0 Å². The van der Waals surface area contributed by atoms with Crippen molar-refractivity contribution in [2.75, 3.05) is 6.61 Å². The number of hydrogen-bond donors (Lipinski definition) is 2. The van der Waals surface area contributed by atoms with Gasteiger partial charge in [-0.1, -0.05) is 24.6 Å². The van der Waals surface area contributed by atoms with Crippen molar-refractivity contribution in [1.29, 1.82) is 0 Å². The average molecular weight is 223 g/mol. The first-order valence-corrected chi connectivity index (χ1v) is 5.68. The summed E-state index contributed by atoms with van der Waals surface area (Å²) in [6.45, 7) is 5.97. The molecular formula is C13H21NO2. The van der Waals surface area contributed by atoms with Gasteiger partial charge in [-0.15, -0.1) is 0 Å². The molecule has 0 amide bonds. The Bertz CT molecular complexity index is 339. The first-order chi connectivity index (χ1) is 7.58. The van der Waals surface area contributed by atoms with E-state index < -0.39 is 0 Å². The highest BCUT2D eigenvalue weighted by molar-refractivity contribution is 5.35. The van der Waals surface area contributed by atoms with Crippen LogP contribution in [0.5, 0.6) is 5.75 Å². The van der Waals surface area contributed by atoms with Gasteiger partial charge in [-0.2, -0.15) is 0 Å². The third kappa shape index (κ3) is 3.22. The van der Waals surface area contributed by atoms with Crippen molar-refractivity contribution in [2.45, 2.75) is 39.3 Å². The normalized spacial score (nSPS) is 14.6. The number of rotatable bonds is 5. The van der Waals surface area contributed by atoms with E-state index in [4.69, 9.17) is 10.5 Å². The molecule has 0 radical (unpaired) electrons. The van der Waals surface area contributed by atoms with Crippen LogP contribution in [-0.2, 0) is 0 Å². The van der Waals surface area contributed by atoms with E-state index in [1.807, 2.05) is 32.9 Å². The lowest BCUT2D eigenvalue weighted by Gasteiger charge is -2.23. The second kappa shape index (κ2) is 5.87. The summed E-state index contributed by atoms with van der Waals surface area (Å²) in [5.74, 6) is 0.800. The second-order valence-electron chi connectivity index (χ2n) is 4.18. The van der Waals surface area contributed by atoms with E-state index in [1.165, 1.54) is 5.56 Å². The molecule has 3 heteroatoms. The Hall–Kier alpha value is -1.06. The molecule has 0 saturated carbocycles. The summed E-state index contributed by atoms with van der Waals surface area (Å²) in [5, 5.41) is 9.23. The van der Waals surface area contributed by atoms with E-state index in [-0.39, 0.29) is 18.8 Å². The first kappa shape index (κ1) is 13.0. The SMILES string of the molecule is CCC(N)C(CO)Oc1ccc(C)cc1C. The van der Waals surface area contributed by atoms with Gasteiger partial charge >= 0.3 is 0 Å². The van der Waals surface area contributed by atoms with Crippen LogP contribution in [0.4, 0.5) is 0 Å². The Morgan fingerprint density at radius 3 is 2.56 bits per heavy atom. The quantitative estimate of drug-likeness (QED) is 0.800. The summed E-state index contributed by atoms with van der Waals surface area (Å²) in [7, 11) is 0. The fourth-order valence-electron chi connectivity index (χ4n) is 1.62. The van der Waals surface area contributed by atoms with Crippen LogP contribution in [0, 0.1) is 13.8 Å². The van der Waals surface area contributed by atoms with Crippen LogP contribution in [0.25, 0.3) is 0 Å². The number of nitrogens with two attached hydrogens (primary N) is 1. The van der Waals surface area contributed by atoms with E-state index in [1.54, 1.807) is 0 Å². The van der Waals surface area contributed by atoms with E-state index in [9.17, 15) is 5.11 Å². The van der Waals surface area contributed by atoms with Crippen LogP contribution in [-0.4, -0.2) is 23.9 Å². The van der Waals surface area contributed by atoms with Gasteiger partial charge in [0.15, 0.2) is 0 Å². The molecule has 3 N–H and O–H groups in total. The summed E-state index contributed by atoms with van der Waals surface area (Å²) >= 11 is 0. The largest absolute Gasteiger partial charge is 0.486 e. The molecule has 2 atom stereocenters. The van der Waals surface area contributed by atoms with E-state index in [0.29, 0.717) is 0 Å². The fraction of sp³-hybridized carbons (Fsp3) is 0.538. The minimum Gasteiger partial charge on any atom is -0.486 e. The molecule has 0 bridgehead atoms. The lowest BCUT2D eigenvalue weighted by atomic mass is 10.1. The summed E-state index contributed by atoms with van der Waals surface area (Å²) in [6.07, 6.45) is 0.460. The maximum atomic E-state index is 9.23. The van der Waals surface area contributed by atoms with Gasteiger partial charge in [0, 0.05) is 6.04 Å². The molecule has 1 rings (SSSR count). The predicted molar refractivity (Wildman–Crippen MR) is 65.7 cm³/mol. The third-order valence-electron chi connectivity index (χ3n) is 2.74. The summed E-state index contributed by atoms with van der Waals surface area (Å²) in [6, 6.07) is 5.84. The van der Waals surface area contributed by atoms with Gasteiger partial charge in [0.1, 0.15) is 11.9 Å². The second-order valence-corrected chi connectivity index (χ2v) is 4.18. The monoisotopic (exact) mass is 223 g/mol. The Morgan fingerprint density at radius 2 is 2.06 bits per heavy atom. The number of benzene rings is 1. The van der Waals surface area contributed by atoms with Crippen molar-refractivity contribution in [3.63, 3.8) is 0 Å². The molecule has 0 saturated heterocycles. The molecule has 0 fully saturated rings. The highest BCUT2D eigenvalue weighted by Crippen LogP contribution is 2.20. The van der Waals surface area contributed by atoms with Gasteiger partial charge in [-0.3, -0.25) is 0 Å². The van der Waals surface area contributed by atoms with Crippen LogP contribution in [0.3, 0.4) is 0 Å². The lowest BCUT2D eigenvalue weighted by Crippen LogP contribution is -2.41. The van der Waals surface area contributed by atoms with Gasteiger partial charge in [0.25, 0.3) is 0 Å². The molecule has 0 aromatic heterocycles. The Balaban J connectivity index is 2.78. The molecule has 0 aliphatic heterocycles. The number of aliphatic hydroxyl groups excluding tert-OH is 1. The highest BCUT2D eigenvalue weighted by Gasteiger charge is 2.17. The molecule has 1 aromatic carbocycles. The molecule has 90 valence electrons. The maximum Gasteiger partial charge on any atom is 0.137 e. The molecule has 3 nitrogen and oxygen atoms in total. The molecule has 16 heavy (non-hydrogen) atoms. The zero-order chi connectivity index (χ0) is 12.1. The van der Waals surface area contributed by atoms with Crippen molar-refractivity contribution in [3.05, 3.63) is 29.3 Å². The molecular weight excluding hydrogens is 202 g/mol. The number of aliphatic hydroxyl groups is 1. The van der Waals surface area contributed by atoms with E-state index in [2.05, 4.69) is 6.07 Å². The van der Waals surface area contributed by atoms with Gasteiger partial charge in [-0.25, -0.2) is 0 Å². The van der Waals surface area contributed by atoms with Gasteiger partial charge in [-0.05, 0) is 31.9 Å². The lowest BCUT2D eigenvalue weighted by molar-refractivity contribution is 0.0926. The third-order valence-corrected chi connectivity index (χ3v) is 2.74. The first-order valence-electron chi connectivity index (χ1n) is 5.68. The minimum atomic E-state index is -0.327. The van der Waals surface area contributed by atoms with Crippen molar-refractivity contribution in [2.24, 2.45) is 5.73 Å². The van der Waals surface area contributed by atoms with Crippen molar-refractivity contribution >= 4 is 0 Å². The molecule has 0 aliphatic rings. The average Bonchev–Trinajstić information content (AvgIpc) is 2.27. The van der Waals surface area contributed by atoms with Crippen LogP contribution < -0.4 is 10.5 Å². The topological polar surface area (TPSA) is 55.5 Å². The predicted octanol–water partition coefficient (Wildman–Crippen LogP) is 1.78. The maximum absolute atomic E-state index is 9.23. The van der Waals surface area contributed by atoms with Crippen LogP contribution in [0.15, 0.2) is 18.2 Å². The Labute approximate surface area is 97.2 Å². The Kier molecular flexibility index (Phi) is 4.77. The molecule has 0 aliphatic carbocycles. The van der Waals surface area contributed by atoms with Crippen molar-refractivity contribution in [3.8, 4) is 5.75 Å². The van der Waals surface area contributed by atoms with Gasteiger partial charge in [0.05, 0.1) is 6.61 Å².